The number of aryl methyl sites for hydroxylation is 1. The molecule has 35 heavy (non-hydrogen) atoms. The number of aromatic hydroxyl groups is 2. The topological polar surface area (TPSA) is 130 Å². The van der Waals surface area contributed by atoms with Gasteiger partial charge < -0.3 is 24.8 Å². The number of phenolic OH excluding ortho intramolecular Hbond substituents is 1. The predicted octanol–water partition coefficient (Wildman–Crippen LogP) is 5.45. The number of phenols is 2. The van der Waals surface area contributed by atoms with Crippen molar-refractivity contribution in [3.63, 3.8) is 0 Å². The number of hydrogen-bond donors (Lipinski definition) is 3. The van der Waals surface area contributed by atoms with Crippen LogP contribution in [-0.2, 0) is 17.6 Å². The fraction of sp³-hybridized carbons (Fsp3) is 0.444. The minimum atomic E-state index is -1.27. The molecule has 0 aliphatic rings. The lowest BCUT2D eigenvalue weighted by Crippen LogP contribution is -2.15. The van der Waals surface area contributed by atoms with Crippen molar-refractivity contribution in [1.82, 2.24) is 0 Å². The molecule has 0 aliphatic heterocycles. The Morgan fingerprint density at radius 2 is 1.40 bits per heavy atom. The Balaban J connectivity index is 2.37. The van der Waals surface area contributed by atoms with E-state index in [1.165, 1.54) is 25.3 Å². The number of carbonyl (C=O) groups is 3. The summed E-state index contributed by atoms with van der Waals surface area (Å²) in [5.41, 5.74) is 0.206. The summed E-state index contributed by atoms with van der Waals surface area (Å²) in [5, 5.41) is 30.3. The number of rotatable bonds is 14. The van der Waals surface area contributed by atoms with Crippen LogP contribution < -0.4 is 9.47 Å². The van der Waals surface area contributed by atoms with Crippen LogP contribution in [0.5, 0.6) is 23.0 Å². The van der Waals surface area contributed by atoms with E-state index in [0.29, 0.717) is 24.8 Å². The third kappa shape index (κ3) is 7.73. The van der Waals surface area contributed by atoms with E-state index >= 15 is 0 Å². The van der Waals surface area contributed by atoms with Gasteiger partial charge >= 0.3 is 11.9 Å². The largest absolute Gasteiger partial charge is 0.507 e. The Kier molecular flexibility index (Phi) is 10.6. The SMILES string of the molecule is CCCCCC(=O)Cc1cc(OC)cc(O)c1C(=O)Oc1cc(O)c(C(=O)O)c(CCCCC)c1. The number of methoxy groups -OCH3 is 1. The highest BCUT2D eigenvalue weighted by molar-refractivity contribution is 5.98. The Morgan fingerprint density at radius 1 is 0.800 bits per heavy atom. The molecule has 2 aromatic carbocycles. The molecule has 2 rings (SSSR count). The van der Waals surface area contributed by atoms with Crippen LogP contribution in [0.2, 0.25) is 0 Å². The van der Waals surface area contributed by atoms with Gasteiger partial charge in [0.05, 0.1) is 7.11 Å². The van der Waals surface area contributed by atoms with Crippen LogP contribution in [0.4, 0.5) is 0 Å². The van der Waals surface area contributed by atoms with E-state index in [-0.39, 0.29) is 40.4 Å². The standard InChI is InChI=1S/C27H34O8/c1-4-6-8-10-17-13-21(16-22(29)24(17)26(31)32)35-27(33)25-18(12-19(28)11-9-7-5-2)14-20(34-3)15-23(25)30/h13-16,29-30H,4-12H2,1-3H3,(H,31,32). The summed E-state index contributed by atoms with van der Waals surface area (Å²) in [5.74, 6) is -2.97. The summed E-state index contributed by atoms with van der Waals surface area (Å²) in [4.78, 5) is 37.2. The van der Waals surface area contributed by atoms with E-state index in [9.17, 15) is 29.7 Å². The van der Waals surface area contributed by atoms with Crippen molar-refractivity contribution in [3.8, 4) is 23.0 Å². The molecule has 0 radical (unpaired) electrons. The molecule has 8 nitrogen and oxygen atoms in total. The summed E-state index contributed by atoms with van der Waals surface area (Å²) in [6.45, 7) is 4.05. The van der Waals surface area contributed by atoms with Crippen LogP contribution in [0.15, 0.2) is 24.3 Å². The molecule has 0 aromatic heterocycles. The summed E-state index contributed by atoms with van der Waals surface area (Å²) >= 11 is 0. The van der Waals surface area contributed by atoms with Crippen molar-refractivity contribution >= 4 is 17.7 Å². The maximum atomic E-state index is 13.1. The van der Waals surface area contributed by atoms with Crippen molar-refractivity contribution < 1.29 is 39.2 Å². The first-order chi connectivity index (χ1) is 16.7. The molecule has 0 spiro atoms. The van der Waals surface area contributed by atoms with Crippen LogP contribution in [0.3, 0.4) is 0 Å². The first-order valence-electron chi connectivity index (χ1n) is 11.9. The second-order valence-electron chi connectivity index (χ2n) is 8.48. The van der Waals surface area contributed by atoms with Crippen LogP contribution in [0.25, 0.3) is 0 Å². The molecule has 0 saturated heterocycles. The number of carboxylic acids is 1. The molecule has 0 amide bonds. The fourth-order valence-electron chi connectivity index (χ4n) is 3.91. The monoisotopic (exact) mass is 486 g/mol. The molecule has 0 saturated carbocycles. The highest BCUT2D eigenvalue weighted by atomic mass is 16.5. The highest BCUT2D eigenvalue weighted by Gasteiger charge is 2.24. The number of unbranched alkanes of at least 4 members (excludes halogenated alkanes) is 4. The Morgan fingerprint density at radius 3 is 2.03 bits per heavy atom. The smallest absolute Gasteiger partial charge is 0.347 e. The Labute approximate surface area is 205 Å². The minimum Gasteiger partial charge on any atom is -0.507 e. The average Bonchev–Trinajstić information content (AvgIpc) is 2.78. The van der Waals surface area contributed by atoms with E-state index in [2.05, 4.69) is 0 Å². The first kappa shape index (κ1) is 27.7. The van der Waals surface area contributed by atoms with Crippen molar-refractivity contribution in [3.05, 3.63) is 46.5 Å². The number of ether oxygens (including phenoxy) is 2. The first-order valence-corrected chi connectivity index (χ1v) is 11.9. The number of ketones is 1. The zero-order valence-corrected chi connectivity index (χ0v) is 20.6. The van der Waals surface area contributed by atoms with Gasteiger partial charge in [0, 0.05) is 25.0 Å². The van der Waals surface area contributed by atoms with Crippen molar-refractivity contribution in [2.45, 2.75) is 71.6 Å². The number of esters is 1. The maximum absolute atomic E-state index is 13.1. The fourth-order valence-corrected chi connectivity index (χ4v) is 3.91. The van der Waals surface area contributed by atoms with Crippen LogP contribution >= 0.6 is 0 Å². The molecule has 0 unspecified atom stereocenters. The van der Waals surface area contributed by atoms with Gasteiger partial charge in [0.25, 0.3) is 0 Å². The van der Waals surface area contributed by atoms with Gasteiger partial charge in [0.15, 0.2) is 0 Å². The van der Waals surface area contributed by atoms with Gasteiger partial charge in [-0.2, -0.15) is 0 Å². The molecular formula is C27H34O8. The van der Waals surface area contributed by atoms with Crippen molar-refractivity contribution in [2.24, 2.45) is 0 Å². The third-order valence-corrected chi connectivity index (χ3v) is 5.71. The highest BCUT2D eigenvalue weighted by Crippen LogP contribution is 2.33. The molecule has 0 bridgehead atoms. The number of aromatic carboxylic acids is 1. The second-order valence-corrected chi connectivity index (χ2v) is 8.48. The molecule has 190 valence electrons. The number of Topliss-reactive ketones (excluding diaryl/α,β-unsaturated/α-hetero) is 1. The summed E-state index contributed by atoms with van der Waals surface area (Å²) < 4.78 is 10.6. The quantitative estimate of drug-likeness (QED) is 0.183. The summed E-state index contributed by atoms with van der Waals surface area (Å²) in [6.07, 6.45) is 5.80. The number of benzene rings is 2. The van der Waals surface area contributed by atoms with Gasteiger partial charge in [-0.05, 0) is 42.5 Å². The lowest BCUT2D eigenvalue weighted by molar-refractivity contribution is -0.118. The van der Waals surface area contributed by atoms with E-state index in [1.54, 1.807) is 0 Å². The van der Waals surface area contributed by atoms with Crippen molar-refractivity contribution in [1.29, 1.82) is 0 Å². The van der Waals surface area contributed by atoms with Crippen LogP contribution in [-0.4, -0.2) is 40.2 Å². The van der Waals surface area contributed by atoms with Gasteiger partial charge in [-0.1, -0.05) is 39.5 Å². The lowest BCUT2D eigenvalue weighted by Gasteiger charge is -2.15. The number of hydrogen-bond acceptors (Lipinski definition) is 7. The molecule has 0 aliphatic carbocycles. The van der Waals surface area contributed by atoms with Gasteiger partial charge in [-0.25, -0.2) is 9.59 Å². The maximum Gasteiger partial charge on any atom is 0.347 e. The second kappa shape index (κ2) is 13.4. The number of carbonyl (C=O) groups excluding carboxylic acids is 2. The van der Waals surface area contributed by atoms with E-state index in [0.717, 1.165) is 38.2 Å². The number of carboxylic acid groups (broad SMARTS) is 1. The minimum absolute atomic E-state index is 0.0561. The molecule has 8 heteroatoms. The molecule has 0 heterocycles. The van der Waals surface area contributed by atoms with E-state index in [1.807, 2.05) is 13.8 Å². The third-order valence-electron chi connectivity index (χ3n) is 5.71. The molecule has 0 fully saturated rings. The molecular weight excluding hydrogens is 452 g/mol. The van der Waals surface area contributed by atoms with Gasteiger partial charge in [0.1, 0.15) is 39.9 Å². The molecule has 2 aromatic rings. The van der Waals surface area contributed by atoms with Crippen LogP contribution in [0, 0.1) is 0 Å². The lowest BCUT2D eigenvalue weighted by atomic mass is 9.98. The van der Waals surface area contributed by atoms with Crippen LogP contribution in [0.1, 0.15) is 90.6 Å². The summed E-state index contributed by atoms with van der Waals surface area (Å²) in [6, 6.07) is 5.23. The van der Waals surface area contributed by atoms with Gasteiger partial charge in [-0.3, -0.25) is 4.79 Å². The Bertz CT molecular complexity index is 1060. The zero-order valence-electron chi connectivity index (χ0n) is 20.6. The Hall–Kier alpha value is -3.55. The van der Waals surface area contributed by atoms with E-state index in [4.69, 9.17) is 9.47 Å². The summed E-state index contributed by atoms with van der Waals surface area (Å²) in [7, 11) is 1.41. The molecule has 3 N–H and O–H groups in total. The molecule has 0 atom stereocenters. The van der Waals surface area contributed by atoms with Crippen molar-refractivity contribution in [2.75, 3.05) is 7.11 Å². The zero-order chi connectivity index (χ0) is 26.0. The average molecular weight is 487 g/mol. The van der Waals surface area contributed by atoms with Gasteiger partial charge in [0.2, 0.25) is 0 Å². The normalized spacial score (nSPS) is 10.7. The predicted molar refractivity (Wildman–Crippen MR) is 131 cm³/mol. The van der Waals surface area contributed by atoms with E-state index < -0.39 is 23.4 Å². The van der Waals surface area contributed by atoms with Gasteiger partial charge in [-0.15, -0.1) is 0 Å².